The summed E-state index contributed by atoms with van der Waals surface area (Å²) in [5, 5.41) is 9.08. The molecule has 112 valence electrons. The Bertz CT molecular complexity index is 563. The van der Waals surface area contributed by atoms with Crippen molar-refractivity contribution in [2.24, 2.45) is 0 Å². The molecule has 0 aromatic heterocycles. The van der Waals surface area contributed by atoms with Crippen molar-refractivity contribution in [1.29, 1.82) is 0 Å². The smallest absolute Gasteiger partial charge is 0.325 e. The number of amides is 2. The van der Waals surface area contributed by atoms with Gasteiger partial charge in [-0.05, 0) is 32.4 Å². The van der Waals surface area contributed by atoms with Gasteiger partial charge in [-0.1, -0.05) is 29.3 Å². The third-order valence-corrected chi connectivity index (χ3v) is 3.47. The summed E-state index contributed by atoms with van der Waals surface area (Å²) in [6.07, 6.45) is 2.92. The lowest BCUT2D eigenvalue weighted by atomic mass is 10.1. The largest absolute Gasteiger partial charge is 0.480 e. The van der Waals surface area contributed by atoms with E-state index in [1.807, 2.05) is 26.0 Å². The van der Waals surface area contributed by atoms with Crippen LogP contribution in [0.4, 0.5) is 10.5 Å². The van der Waals surface area contributed by atoms with Crippen molar-refractivity contribution in [2.75, 3.05) is 24.5 Å². The topological polar surface area (TPSA) is 60.9 Å². The molecule has 0 fully saturated rings. The summed E-state index contributed by atoms with van der Waals surface area (Å²) >= 11 is 0. The normalized spacial score (nSPS) is 14.6. The van der Waals surface area contributed by atoms with Gasteiger partial charge in [0.05, 0.1) is 0 Å². The number of carboxylic acids is 1. The van der Waals surface area contributed by atoms with E-state index in [2.05, 4.69) is 6.08 Å². The van der Waals surface area contributed by atoms with E-state index in [-0.39, 0.29) is 12.6 Å². The Balaban J connectivity index is 2.23. The zero-order valence-corrected chi connectivity index (χ0v) is 12.4. The molecule has 5 nitrogen and oxygen atoms in total. The molecule has 5 heteroatoms. The maximum absolute atomic E-state index is 12.6. The number of carbonyl (C=O) groups excluding carboxylic acids is 1. The van der Waals surface area contributed by atoms with Crippen LogP contribution in [-0.4, -0.2) is 41.6 Å². The maximum Gasteiger partial charge on any atom is 0.325 e. The van der Waals surface area contributed by atoms with Gasteiger partial charge in [0.15, 0.2) is 0 Å². The zero-order valence-electron chi connectivity index (χ0n) is 12.4. The molecular formula is C16H20N2O3. The van der Waals surface area contributed by atoms with E-state index in [1.54, 1.807) is 17.0 Å². The molecule has 0 saturated carbocycles. The molecule has 0 radical (unpaired) electrons. The molecule has 0 saturated heterocycles. The molecule has 0 spiro atoms. The number of benzene rings is 1. The number of anilines is 1. The Morgan fingerprint density at radius 3 is 2.48 bits per heavy atom. The third-order valence-electron chi connectivity index (χ3n) is 3.47. The fraction of sp³-hybridized carbons (Fsp3) is 0.375. The molecule has 1 N–H and O–H groups in total. The molecule has 21 heavy (non-hydrogen) atoms. The van der Waals surface area contributed by atoms with Crippen molar-refractivity contribution in [3.63, 3.8) is 0 Å². The van der Waals surface area contributed by atoms with E-state index in [4.69, 9.17) is 5.11 Å². The molecule has 2 amide bonds. The lowest BCUT2D eigenvalue weighted by molar-refractivity contribution is -0.135. The quantitative estimate of drug-likeness (QED) is 0.870. The summed E-state index contributed by atoms with van der Waals surface area (Å²) in [6.45, 7) is 4.78. The Morgan fingerprint density at radius 1 is 1.24 bits per heavy atom. The van der Waals surface area contributed by atoms with Crippen LogP contribution in [0, 0.1) is 6.92 Å². The summed E-state index contributed by atoms with van der Waals surface area (Å²) in [7, 11) is 0. The predicted octanol–water partition coefficient (Wildman–Crippen LogP) is 2.66. The first-order chi connectivity index (χ1) is 9.97. The first-order valence-electron chi connectivity index (χ1n) is 6.98. The number of hydrogen-bond acceptors (Lipinski definition) is 2. The van der Waals surface area contributed by atoms with Crippen molar-refractivity contribution in [1.82, 2.24) is 4.90 Å². The van der Waals surface area contributed by atoms with Crippen molar-refractivity contribution >= 4 is 17.7 Å². The maximum atomic E-state index is 12.6. The number of aliphatic carboxylic acids is 1. The van der Waals surface area contributed by atoms with Crippen LogP contribution >= 0.6 is 0 Å². The molecule has 0 bridgehead atoms. The van der Waals surface area contributed by atoms with E-state index in [9.17, 15) is 9.59 Å². The lowest BCUT2D eigenvalue weighted by Gasteiger charge is -2.32. The number of aryl methyl sites for hydroxylation is 1. The average Bonchev–Trinajstić information content (AvgIpc) is 2.45. The van der Waals surface area contributed by atoms with E-state index in [1.165, 1.54) is 4.90 Å². The second-order valence-electron chi connectivity index (χ2n) is 5.36. The summed E-state index contributed by atoms with van der Waals surface area (Å²) in [4.78, 5) is 26.7. The Labute approximate surface area is 124 Å². The molecule has 0 aliphatic carbocycles. The van der Waals surface area contributed by atoms with Crippen LogP contribution in [-0.2, 0) is 4.79 Å². The van der Waals surface area contributed by atoms with Crippen LogP contribution in [0.5, 0.6) is 0 Å². The van der Waals surface area contributed by atoms with Crippen LogP contribution in [0.15, 0.2) is 35.9 Å². The van der Waals surface area contributed by atoms with E-state index in [0.29, 0.717) is 18.8 Å². The minimum atomic E-state index is -1.02. The van der Waals surface area contributed by atoms with Crippen molar-refractivity contribution in [2.45, 2.75) is 20.3 Å². The summed E-state index contributed by atoms with van der Waals surface area (Å²) in [5.41, 5.74) is 2.81. The van der Waals surface area contributed by atoms with Gasteiger partial charge < -0.3 is 10.0 Å². The number of carboxylic acid groups (broad SMARTS) is 1. The average molecular weight is 288 g/mol. The van der Waals surface area contributed by atoms with Crippen LogP contribution in [0.3, 0.4) is 0 Å². The van der Waals surface area contributed by atoms with Gasteiger partial charge in [-0.3, -0.25) is 9.69 Å². The SMILES string of the molecule is CC1=CCCN(C(=O)N(CC(=O)O)c2ccc(C)cc2)C1. The highest BCUT2D eigenvalue weighted by Crippen LogP contribution is 2.19. The Kier molecular flexibility index (Phi) is 4.62. The van der Waals surface area contributed by atoms with Gasteiger partial charge in [0.25, 0.3) is 0 Å². The van der Waals surface area contributed by atoms with Crippen LogP contribution in [0.1, 0.15) is 18.9 Å². The fourth-order valence-corrected chi connectivity index (χ4v) is 2.37. The highest BCUT2D eigenvalue weighted by Gasteiger charge is 2.25. The summed E-state index contributed by atoms with van der Waals surface area (Å²) in [6, 6.07) is 7.05. The molecule has 1 aliphatic heterocycles. The highest BCUT2D eigenvalue weighted by atomic mass is 16.4. The van der Waals surface area contributed by atoms with Gasteiger partial charge >= 0.3 is 12.0 Å². The van der Waals surface area contributed by atoms with Crippen LogP contribution in [0.2, 0.25) is 0 Å². The molecule has 1 heterocycles. The van der Waals surface area contributed by atoms with Gasteiger partial charge in [-0.2, -0.15) is 0 Å². The number of nitrogens with zero attached hydrogens (tertiary/aromatic N) is 2. The monoisotopic (exact) mass is 288 g/mol. The first kappa shape index (κ1) is 15.1. The second kappa shape index (κ2) is 6.43. The van der Waals surface area contributed by atoms with Gasteiger partial charge in [0, 0.05) is 18.8 Å². The standard InChI is InChI=1S/C16H20N2O3/c1-12-5-7-14(8-6-12)18(11-15(19)20)16(21)17-9-3-4-13(2)10-17/h4-8H,3,9-11H2,1-2H3,(H,19,20). The molecule has 2 rings (SSSR count). The van der Waals surface area contributed by atoms with Gasteiger partial charge in [-0.25, -0.2) is 4.79 Å². The third kappa shape index (κ3) is 3.84. The number of carbonyl (C=O) groups is 2. The van der Waals surface area contributed by atoms with Gasteiger partial charge in [0.1, 0.15) is 6.54 Å². The van der Waals surface area contributed by atoms with Crippen molar-refractivity contribution in [3.05, 3.63) is 41.5 Å². The number of hydrogen-bond donors (Lipinski definition) is 1. The van der Waals surface area contributed by atoms with E-state index < -0.39 is 5.97 Å². The van der Waals surface area contributed by atoms with Gasteiger partial charge in [-0.15, -0.1) is 0 Å². The second-order valence-corrected chi connectivity index (χ2v) is 5.36. The molecule has 1 aromatic carbocycles. The minimum absolute atomic E-state index is 0.256. The fourth-order valence-electron chi connectivity index (χ4n) is 2.37. The highest BCUT2D eigenvalue weighted by molar-refractivity contribution is 5.96. The Hall–Kier alpha value is -2.30. The number of rotatable bonds is 3. The van der Waals surface area contributed by atoms with E-state index >= 15 is 0 Å². The summed E-state index contributed by atoms with van der Waals surface area (Å²) in [5.74, 6) is -1.02. The van der Waals surface area contributed by atoms with Crippen LogP contribution in [0.25, 0.3) is 0 Å². The minimum Gasteiger partial charge on any atom is -0.480 e. The van der Waals surface area contributed by atoms with Gasteiger partial charge in [0.2, 0.25) is 0 Å². The summed E-state index contributed by atoms with van der Waals surface area (Å²) < 4.78 is 0. The van der Waals surface area contributed by atoms with Crippen LogP contribution < -0.4 is 4.90 Å². The zero-order chi connectivity index (χ0) is 15.4. The van der Waals surface area contributed by atoms with E-state index in [0.717, 1.165) is 17.6 Å². The molecule has 1 aliphatic rings. The van der Waals surface area contributed by atoms with Crippen molar-refractivity contribution in [3.8, 4) is 0 Å². The molecule has 0 atom stereocenters. The molecular weight excluding hydrogens is 268 g/mol. The first-order valence-corrected chi connectivity index (χ1v) is 6.98. The number of urea groups is 1. The molecule has 1 aromatic rings. The van der Waals surface area contributed by atoms with Crippen molar-refractivity contribution < 1.29 is 14.7 Å². The Morgan fingerprint density at radius 2 is 1.90 bits per heavy atom. The lowest BCUT2D eigenvalue weighted by Crippen LogP contribution is -2.47. The molecule has 0 unspecified atom stereocenters. The predicted molar refractivity (Wildman–Crippen MR) is 81.5 cm³/mol.